The molecule has 1 aliphatic rings. The minimum Gasteiger partial charge on any atom is -0.394 e. The molecule has 0 aromatic heterocycles. The average molecular weight is 264 g/mol. The standard InChI is InChI=1S/C15H24N2O2/c1-14-4-2-3-5-15(14)17-8-6-16(7-9-17)10-12-19-13-11-18/h2-5,18H,6-13H2,1H3. The molecule has 1 fully saturated rings. The van der Waals surface area contributed by atoms with Crippen molar-refractivity contribution in [3.05, 3.63) is 29.8 Å². The van der Waals surface area contributed by atoms with Crippen LogP contribution in [-0.4, -0.2) is 62.6 Å². The Morgan fingerprint density at radius 3 is 2.53 bits per heavy atom. The van der Waals surface area contributed by atoms with Crippen LogP contribution in [0, 0.1) is 6.92 Å². The maximum Gasteiger partial charge on any atom is 0.0698 e. The van der Waals surface area contributed by atoms with E-state index in [1.165, 1.54) is 11.3 Å². The quantitative estimate of drug-likeness (QED) is 0.781. The van der Waals surface area contributed by atoms with E-state index < -0.39 is 0 Å². The fourth-order valence-electron chi connectivity index (χ4n) is 2.49. The Balaban J connectivity index is 1.75. The smallest absolute Gasteiger partial charge is 0.0698 e. The second-order valence-corrected chi connectivity index (χ2v) is 4.95. The molecule has 19 heavy (non-hydrogen) atoms. The zero-order valence-corrected chi connectivity index (χ0v) is 11.7. The third kappa shape index (κ3) is 4.20. The summed E-state index contributed by atoms with van der Waals surface area (Å²) in [5, 5.41) is 8.64. The monoisotopic (exact) mass is 264 g/mol. The summed E-state index contributed by atoms with van der Waals surface area (Å²) in [5.41, 5.74) is 2.71. The number of aliphatic hydroxyl groups is 1. The predicted octanol–water partition coefficient (Wildman–Crippen LogP) is 1.13. The number of nitrogens with zero attached hydrogens (tertiary/aromatic N) is 2. The van der Waals surface area contributed by atoms with Crippen LogP contribution in [0.2, 0.25) is 0 Å². The van der Waals surface area contributed by atoms with Gasteiger partial charge < -0.3 is 14.7 Å². The normalized spacial score (nSPS) is 16.8. The maximum absolute atomic E-state index is 8.64. The molecule has 1 N–H and O–H groups in total. The van der Waals surface area contributed by atoms with Crippen molar-refractivity contribution in [1.29, 1.82) is 0 Å². The highest BCUT2D eigenvalue weighted by Crippen LogP contribution is 2.20. The summed E-state index contributed by atoms with van der Waals surface area (Å²) in [4.78, 5) is 4.88. The summed E-state index contributed by atoms with van der Waals surface area (Å²) in [7, 11) is 0. The van der Waals surface area contributed by atoms with Crippen molar-refractivity contribution in [2.24, 2.45) is 0 Å². The summed E-state index contributed by atoms with van der Waals surface area (Å²) >= 11 is 0. The molecule has 1 aromatic carbocycles. The zero-order valence-electron chi connectivity index (χ0n) is 11.7. The Kier molecular flexibility index (Phi) is 5.63. The van der Waals surface area contributed by atoms with Gasteiger partial charge in [0.2, 0.25) is 0 Å². The molecule has 0 atom stereocenters. The zero-order chi connectivity index (χ0) is 13.5. The number of anilines is 1. The molecule has 1 aromatic rings. The first-order valence-corrected chi connectivity index (χ1v) is 7.03. The number of ether oxygens (including phenoxy) is 1. The van der Waals surface area contributed by atoms with Crippen molar-refractivity contribution in [2.75, 3.05) is 57.4 Å². The van der Waals surface area contributed by atoms with Crippen molar-refractivity contribution in [3.8, 4) is 0 Å². The van der Waals surface area contributed by atoms with Gasteiger partial charge in [-0.25, -0.2) is 0 Å². The number of piperazine rings is 1. The third-order valence-corrected chi connectivity index (χ3v) is 3.62. The molecule has 1 saturated heterocycles. The van der Waals surface area contributed by atoms with E-state index in [2.05, 4.69) is 41.0 Å². The number of aliphatic hydroxyl groups excluding tert-OH is 1. The molecule has 106 valence electrons. The number of benzene rings is 1. The Morgan fingerprint density at radius 2 is 1.84 bits per heavy atom. The molecule has 0 aliphatic carbocycles. The first-order chi connectivity index (χ1) is 9.31. The summed E-state index contributed by atoms with van der Waals surface area (Å²) in [6.45, 7) is 8.71. The topological polar surface area (TPSA) is 35.9 Å². The minimum atomic E-state index is 0.112. The summed E-state index contributed by atoms with van der Waals surface area (Å²) in [6.07, 6.45) is 0. The highest BCUT2D eigenvalue weighted by Gasteiger charge is 2.17. The second kappa shape index (κ2) is 7.48. The average Bonchev–Trinajstić information content (AvgIpc) is 2.45. The van der Waals surface area contributed by atoms with Crippen molar-refractivity contribution < 1.29 is 9.84 Å². The molecule has 0 radical (unpaired) electrons. The SMILES string of the molecule is Cc1ccccc1N1CCN(CCOCCO)CC1. The van der Waals surface area contributed by atoms with Gasteiger partial charge in [0.25, 0.3) is 0 Å². The number of aryl methyl sites for hydroxylation is 1. The first-order valence-electron chi connectivity index (χ1n) is 7.03. The number of hydrogen-bond acceptors (Lipinski definition) is 4. The molecule has 4 heteroatoms. The van der Waals surface area contributed by atoms with Gasteiger partial charge in [0.1, 0.15) is 0 Å². The van der Waals surface area contributed by atoms with Crippen LogP contribution in [0.1, 0.15) is 5.56 Å². The van der Waals surface area contributed by atoms with E-state index in [0.717, 1.165) is 32.7 Å². The number of rotatable bonds is 6. The number of para-hydroxylation sites is 1. The van der Waals surface area contributed by atoms with Crippen LogP contribution in [-0.2, 0) is 4.74 Å². The Hall–Kier alpha value is -1.10. The van der Waals surface area contributed by atoms with E-state index in [-0.39, 0.29) is 6.61 Å². The molecule has 1 heterocycles. The van der Waals surface area contributed by atoms with Crippen LogP contribution in [0.25, 0.3) is 0 Å². The van der Waals surface area contributed by atoms with Crippen LogP contribution in [0.4, 0.5) is 5.69 Å². The molecule has 1 aliphatic heterocycles. The first kappa shape index (κ1) is 14.3. The van der Waals surface area contributed by atoms with Crippen LogP contribution < -0.4 is 4.90 Å². The molecule has 2 rings (SSSR count). The third-order valence-electron chi connectivity index (χ3n) is 3.62. The van der Waals surface area contributed by atoms with E-state index in [4.69, 9.17) is 9.84 Å². The molecule has 0 unspecified atom stereocenters. The van der Waals surface area contributed by atoms with Gasteiger partial charge in [-0.2, -0.15) is 0 Å². The molecular weight excluding hydrogens is 240 g/mol. The lowest BCUT2D eigenvalue weighted by molar-refractivity contribution is 0.0724. The minimum absolute atomic E-state index is 0.112. The van der Waals surface area contributed by atoms with Crippen LogP contribution in [0.15, 0.2) is 24.3 Å². The summed E-state index contributed by atoms with van der Waals surface area (Å²) in [5.74, 6) is 0. The summed E-state index contributed by atoms with van der Waals surface area (Å²) < 4.78 is 5.31. The molecular formula is C15H24N2O2. The molecule has 0 bridgehead atoms. The lowest BCUT2D eigenvalue weighted by Crippen LogP contribution is -2.47. The van der Waals surface area contributed by atoms with Gasteiger partial charge in [0.15, 0.2) is 0 Å². The number of hydrogen-bond donors (Lipinski definition) is 1. The lowest BCUT2D eigenvalue weighted by Gasteiger charge is -2.36. The predicted molar refractivity (Wildman–Crippen MR) is 77.7 cm³/mol. The van der Waals surface area contributed by atoms with Gasteiger partial charge in [-0.05, 0) is 18.6 Å². The Morgan fingerprint density at radius 1 is 1.11 bits per heavy atom. The molecule has 0 spiro atoms. The van der Waals surface area contributed by atoms with Crippen molar-refractivity contribution in [1.82, 2.24) is 4.90 Å². The van der Waals surface area contributed by atoms with Crippen molar-refractivity contribution >= 4 is 5.69 Å². The van der Waals surface area contributed by atoms with E-state index >= 15 is 0 Å². The van der Waals surface area contributed by atoms with Gasteiger partial charge >= 0.3 is 0 Å². The van der Waals surface area contributed by atoms with Crippen LogP contribution >= 0.6 is 0 Å². The highest BCUT2D eigenvalue weighted by molar-refractivity contribution is 5.53. The van der Waals surface area contributed by atoms with E-state index in [9.17, 15) is 0 Å². The van der Waals surface area contributed by atoms with Gasteiger partial charge in [-0.3, -0.25) is 4.90 Å². The Bertz CT molecular complexity index is 376. The fraction of sp³-hybridized carbons (Fsp3) is 0.600. The van der Waals surface area contributed by atoms with E-state index in [1.807, 2.05) is 0 Å². The van der Waals surface area contributed by atoms with Crippen LogP contribution in [0.3, 0.4) is 0 Å². The second-order valence-electron chi connectivity index (χ2n) is 4.95. The lowest BCUT2D eigenvalue weighted by atomic mass is 10.1. The van der Waals surface area contributed by atoms with Gasteiger partial charge in [0, 0.05) is 38.4 Å². The van der Waals surface area contributed by atoms with Crippen molar-refractivity contribution in [2.45, 2.75) is 6.92 Å². The Labute approximate surface area is 115 Å². The van der Waals surface area contributed by atoms with E-state index in [1.54, 1.807) is 0 Å². The maximum atomic E-state index is 8.64. The van der Waals surface area contributed by atoms with E-state index in [0.29, 0.717) is 13.2 Å². The molecule has 4 nitrogen and oxygen atoms in total. The van der Waals surface area contributed by atoms with Gasteiger partial charge in [-0.15, -0.1) is 0 Å². The molecule has 0 saturated carbocycles. The molecule has 0 amide bonds. The van der Waals surface area contributed by atoms with Gasteiger partial charge in [0.05, 0.1) is 19.8 Å². The summed E-state index contributed by atoms with van der Waals surface area (Å²) in [6, 6.07) is 8.57. The van der Waals surface area contributed by atoms with Crippen molar-refractivity contribution in [3.63, 3.8) is 0 Å². The van der Waals surface area contributed by atoms with Gasteiger partial charge in [-0.1, -0.05) is 18.2 Å². The van der Waals surface area contributed by atoms with Crippen LogP contribution in [0.5, 0.6) is 0 Å². The largest absolute Gasteiger partial charge is 0.394 e. The fourth-order valence-corrected chi connectivity index (χ4v) is 2.49. The highest BCUT2D eigenvalue weighted by atomic mass is 16.5.